The lowest BCUT2D eigenvalue weighted by Gasteiger charge is -2.37. The molecule has 1 unspecified atom stereocenters. The van der Waals surface area contributed by atoms with Gasteiger partial charge >= 0.3 is 0 Å². The van der Waals surface area contributed by atoms with E-state index in [1.165, 1.54) is 28.0 Å². The predicted octanol–water partition coefficient (Wildman–Crippen LogP) is 2.62. The molecule has 2 saturated heterocycles. The van der Waals surface area contributed by atoms with Gasteiger partial charge in [0.15, 0.2) is 0 Å². The van der Waals surface area contributed by atoms with E-state index in [1.807, 2.05) is 116 Å². The van der Waals surface area contributed by atoms with Crippen LogP contribution in [0, 0.1) is 10.8 Å². The Bertz CT molecular complexity index is 2430. The van der Waals surface area contributed by atoms with Crippen LogP contribution < -0.4 is 42.5 Å². The Morgan fingerprint density at radius 2 is 1.00 bits per heavy atom. The van der Waals surface area contributed by atoms with Gasteiger partial charge in [0.25, 0.3) is 11.8 Å². The van der Waals surface area contributed by atoms with E-state index >= 15 is 0 Å². The van der Waals surface area contributed by atoms with Crippen LogP contribution in [0.3, 0.4) is 0 Å². The first-order valence-electron chi connectivity index (χ1n) is 25.1. The Balaban J connectivity index is 1.37. The molecule has 2 aliphatic heterocycles. The van der Waals surface area contributed by atoms with Crippen molar-refractivity contribution >= 4 is 41.4 Å². The first kappa shape index (κ1) is 57.5. The molecule has 73 heavy (non-hydrogen) atoms. The number of hydrogen-bond acceptors (Lipinski definition) is 12. The molecule has 0 saturated carbocycles. The highest BCUT2D eigenvalue weighted by atomic mass is 16.3. The first-order valence-corrected chi connectivity index (χ1v) is 25.1. The fourth-order valence-electron chi connectivity index (χ4n) is 9.09. The number of aliphatic hydroxyl groups excluding tert-OH is 1. The maximum absolute atomic E-state index is 14.6. The molecule has 5 rings (SSSR count). The van der Waals surface area contributed by atoms with E-state index in [4.69, 9.17) is 0 Å². The standard InChI is InChI=1S/C54H78N10O9/c1-30(34-19-15-13-16-20-34)57-49(70)41-26-38(28-63(41)51(72)43(53(5,6)7)61-45(66)32(3)55-11)59-47(68)36-23-37(25-40(65)24-36)48(69)60-39-27-42(50(71)58-31(2)35-21-17-14-18-22-35)64(29-39)52(73)44(54(8,9)10)62-46(67)33(4)56-12/h13-25,30-33,38-39,41-45,55-56,61,65-66H,26-29H2,1-12H3,(H,57,70)(H,58,71)(H,59,68)(H,60,69)(H,62,67)/t30-,31-,32+,33+,38+,39+,41+,42+,43-,44-,45?/m1/s1. The molecule has 0 aromatic heterocycles. The van der Waals surface area contributed by atoms with Crippen molar-refractivity contribution in [1.82, 2.24) is 52.3 Å². The van der Waals surface area contributed by atoms with Gasteiger partial charge in [0.2, 0.25) is 29.5 Å². The van der Waals surface area contributed by atoms with Gasteiger partial charge in [0, 0.05) is 42.3 Å². The Morgan fingerprint density at radius 1 is 0.589 bits per heavy atom. The number of likely N-dealkylation sites (N-methyl/N-ethyl adjacent to an activating group) is 2. The third-order valence-corrected chi connectivity index (χ3v) is 13.8. The average molecular weight is 1010 g/mol. The number of nitrogens with zero attached hydrogens (tertiary/aromatic N) is 2. The summed E-state index contributed by atoms with van der Waals surface area (Å²) in [5, 5.41) is 45.5. The van der Waals surface area contributed by atoms with Crippen molar-refractivity contribution in [2.75, 3.05) is 27.2 Å². The minimum absolute atomic E-state index is 0.0174. The molecule has 0 spiro atoms. The second-order valence-electron chi connectivity index (χ2n) is 21.7. The third-order valence-electron chi connectivity index (χ3n) is 13.8. The highest BCUT2D eigenvalue weighted by molar-refractivity contribution is 6.01. The van der Waals surface area contributed by atoms with Crippen LogP contribution in [0.1, 0.15) is 126 Å². The minimum Gasteiger partial charge on any atom is -0.508 e. The maximum Gasteiger partial charge on any atom is 0.251 e. The number of carbonyl (C=O) groups is 7. The summed E-state index contributed by atoms with van der Waals surface area (Å²) in [6, 6.07) is 14.9. The molecule has 398 valence electrons. The normalized spacial score (nSPS) is 20.9. The Kier molecular flexibility index (Phi) is 19.3. The largest absolute Gasteiger partial charge is 0.508 e. The summed E-state index contributed by atoms with van der Waals surface area (Å²) in [5.74, 6) is -4.02. The van der Waals surface area contributed by atoms with E-state index in [-0.39, 0.29) is 37.1 Å². The number of aliphatic hydroxyl groups is 1. The molecular weight excluding hydrogens is 933 g/mol. The van der Waals surface area contributed by atoms with Gasteiger partial charge in [0.1, 0.15) is 30.1 Å². The van der Waals surface area contributed by atoms with Crippen LogP contribution >= 0.6 is 0 Å². The number of phenolic OH excluding ortho intramolecular Hbond substituents is 1. The van der Waals surface area contributed by atoms with E-state index in [9.17, 15) is 43.8 Å². The highest BCUT2D eigenvalue weighted by Crippen LogP contribution is 2.30. The van der Waals surface area contributed by atoms with Gasteiger partial charge < -0.3 is 57.2 Å². The van der Waals surface area contributed by atoms with Crippen molar-refractivity contribution in [3.63, 3.8) is 0 Å². The monoisotopic (exact) mass is 1010 g/mol. The van der Waals surface area contributed by atoms with E-state index in [1.54, 1.807) is 27.9 Å². The van der Waals surface area contributed by atoms with Crippen LogP contribution in [-0.2, 0) is 24.0 Å². The zero-order valence-corrected chi connectivity index (χ0v) is 44.3. The number of benzene rings is 3. The second-order valence-corrected chi connectivity index (χ2v) is 21.7. The zero-order chi connectivity index (χ0) is 54.1. The van der Waals surface area contributed by atoms with Gasteiger partial charge in [-0.05, 0) is 94.8 Å². The molecule has 19 heteroatoms. The molecule has 7 amide bonds. The number of carbonyl (C=O) groups excluding carboxylic acids is 7. The molecular formula is C54H78N10O9. The smallest absolute Gasteiger partial charge is 0.251 e. The number of nitrogens with one attached hydrogen (secondary N) is 8. The predicted molar refractivity (Wildman–Crippen MR) is 278 cm³/mol. The molecule has 3 aromatic rings. The van der Waals surface area contributed by atoms with Crippen molar-refractivity contribution in [1.29, 1.82) is 0 Å². The van der Waals surface area contributed by atoms with E-state index in [0.717, 1.165) is 11.1 Å². The molecule has 2 heterocycles. The molecule has 11 atom stereocenters. The fourth-order valence-corrected chi connectivity index (χ4v) is 9.09. The third kappa shape index (κ3) is 14.9. The SMILES string of the molecule is CN[C@@H](C)C(=O)N[C@H](C(=O)N1C[C@@H](NC(=O)c2cc(O)cc(C(=O)N[C@H]3C[C@@H](C(=O)N[C@H](C)c4ccccc4)N(C(=O)[C@@H](NC(O)[C@H](C)NC)C(C)(C)C)C3)c2)C[C@H]1C(=O)N[C@H](C)c1ccccc1)C(C)(C)C. The molecule has 2 fully saturated rings. The number of likely N-dealkylation sites (tertiary alicyclic amines) is 2. The molecule has 2 aliphatic rings. The minimum atomic E-state index is -1.11. The zero-order valence-electron chi connectivity index (χ0n) is 44.3. The lowest BCUT2D eigenvalue weighted by Crippen LogP contribution is -2.61. The van der Waals surface area contributed by atoms with Gasteiger partial charge in [0.05, 0.1) is 24.2 Å². The second kappa shape index (κ2) is 24.5. The number of aromatic hydroxyl groups is 1. The molecule has 0 bridgehead atoms. The van der Waals surface area contributed by atoms with Crippen molar-refractivity contribution in [2.45, 2.75) is 149 Å². The molecule has 19 nitrogen and oxygen atoms in total. The van der Waals surface area contributed by atoms with E-state index in [2.05, 4.69) is 42.5 Å². The van der Waals surface area contributed by atoms with Crippen LogP contribution in [0.15, 0.2) is 78.9 Å². The lowest BCUT2D eigenvalue weighted by atomic mass is 9.85. The van der Waals surface area contributed by atoms with Gasteiger partial charge in [-0.25, -0.2) is 0 Å². The van der Waals surface area contributed by atoms with Crippen LogP contribution in [0.4, 0.5) is 0 Å². The van der Waals surface area contributed by atoms with E-state index < -0.39 is 125 Å². The van der Waals surface area contributed by atoms with Crippen molar-refractivity contribution in [2.24, 2.45) is 10.8 Å². The van der Waals surface area contributed by atoms with Gasteiger partial charge in [-0.15, -0.1) is 0 Å². The number of phenols is 1. The topological polar surface area (TPSA) is 263 Å². The van der Waals surface area contributed by atoms with Gasteiger partial charge in [-0.3, -0.25) is 38.9 Å². The van der Waals surface area contributed by atoms with Crippen molar-refractivity contribution in [3.8, 4) is 5.75 Å². The fraction of sp³-hybridized carbons (Fsp3) is 0.537. The Labute approximate surface area is 429 Å². The summed E-state index contributed by atoms with van der Waals surface area (Å²) in [5.41, 5.74) is 0.0316. The summed E-state index contributed by atoms with van der Waals surface area (Å²) in [7, 11) is 3.32. The summed E-state index contributed by atoms with van der Waals surface area (Å²) in [6.45, 7) is 17.9. The molecule has 0 radical (unpaired) electrons. The van der Waals surface area contributed by atoms with Gasteiger partial charge in [-0.2, -0.15) is 0 Å². The van der Waals surface area contributed by atoms with Crippen molar-refractivity contribution in [3.05, 3.63) is 101 Å². The van der Waals surface area contributed by atoms with Crippen LogP contribution in [0.5, 0.6) is 5.75 Å². The average Bonchev–Trinajstić information content (AvgIpc) is 3.98. The molecule has 10 N–H and O–H groups in total. The number of hydrogen-bond donors (Lipinski definition) is 10. The number of amides is 7. The van der Waals surface area contributed by atoms with Crippen LogP contribution in [0.2, 0.25) is 0 Å². The molecule has 3 aromatic carbocycles. The molecule has 0 aliphatic carbocycles. The summed E-state index contributed by atoms with van der Waals surface area (Å²) in [6.07, 6.45) is -1.06. The van der Waals surface area contributed by atoms with Crippen LogP contribution in [-0.4, -0.2) is 143 Å². The summed E-state index contributed by atoms with van der Waals surface area (Å²) >= 11 is 0. The van der Waals surface area contributed by atoms with E-state index in [0.29, 0.717) is 0 Å². The first-order chi connectivity index (χ1) is 34.2. The lowest BCUT2D eigenvalue weighted by molar-refractivity contribution is -0.144. The van der Waals surface area contributed by atoms with Crippen molar-refractivity contribution < 1.29 is 43.8 Å². The van der Waals surface area contributed by atoms with Crippen LogP contribution in [0.25, 0.3) is 0 Å². The number of rotatable bonds is 19. The Hall–Kier alpha value is -6.41. The maximum atomic E-state index is 14.6. The highest BCUT2D eigenvalue weighted by Gasteiger charge is 2.47. The summed E-state index contributed by atoms with van der Waals surface area (Å²) in [4.78, 5) is 102. The van der Waals surface area contributed by atoms with Gasteiger partial charge in [-0.1, -0.05) is 102 Å². The Morgan fingerprint density at radius 3 is 1.38 bits per heavy atom. The quantitative estimate of drug-likeness (QED) is 0.0778. The summed E-state index contributed by atoms with van der Waals surface area (Å²) < 4.78 is 0.